The van der Waals surface area contributed by atoms with Crippen molar-refractivity contribution in [3.05, 3.63) is 42.7 Å². The highest BCUT2D eigenvalue weighted by Crippen LogP contribution is 2.67. The van der Waals surface area contributed by atoms with E-state index in [0.717, 1.165) is 19.3 Å². The third kappa shape index (κ3) is 4.58. The number of rotatable bonds is 5. The van der Waals surface area contributed by atoms with Crippen molar-refractivity contribution in [3.8, 4) is 0 Å². The summed E-state index contributed by atoms with van der Waals surface area (Å²) in [5.74, 6) is -1.15. The van der Waals surface area contributed by atoms with E-state index in [0.29, 0.717) is 18.5 Å². The summed E-state index contributed by atoms with van der Waals surface area (Å²) in [4.78, 5) is 38.8. The molecule has 0 heterocycles. The molecular weight excluding hydrogens is 475 g/mol. The number of esters is 1. The van der Waals surface area contributed by atoms with Crippen molar-refractivity contribution in [1.29, 1.82) is 0 Å². The number of nitrogens with one attached hydrogen (secondary N) is 2. The maximum Gasteiger partial charge on any atom is 0.325 e. The minimum atomic E-state index is -0.739. The molecule has 0 aliphatic heterocycles. The first-order valence-corrected chi connectivity index (χ1v) is 13.2. The highest BCUT2D eigenvalue weighted by atomic mass is 19.1. The van der Waals surface area contributed by atoms with Crippen LogP contribution in [0.5, 0.6) is 0 Å². The second kappa shape index (κ2) is 9.86. The number of aliphatic hydroxyl groups is 1. The van der Waals surface area contributed by atoms with Crippen molar-refractivity contribution < 1.29 is 28.6 Å². The van der Waals surface area contributed by atoms with E-state index in [1.807, 2.05) is 6.92 Å². The summed E-state index contributed by atoms with van der Waals surface area (Å²) in [6, 6.07) is 4.66. The Morgan fingerprint density at radius 3 is 2.54 bits per heavy atom. The first kappa shape index (κ1) is 27.3. The number of aliphatic hydroxyl groups excluding tert-OH is 1. The molecule has 1 aromatic rings. The van der Waals surface area contributed by atoms with Gasteiger partial charge in [0.15, 0.2) is 0 Å². The fourth-order valence-corrected chi connectivity index (χ4v) is 7.56. The summed E-state index contributed by atoms with van der Waals surface area (Å²) >= 11 is 0. The molecule has 2 amide bonds. The highest BCUT2D eigenvalue weighted by molar-refractivity contribution is 5.91. The second-order valence-electron chi connectivity index (χ2n) is 11.9. The van der Waals surface area contributed by atoms with Crippen molar-refractivity contribution in [1.82, 2.24) is 5.32 Å². The van der Waals surface area contributed by atoms with Gasteiger partial charge in [0.1, 0.15) is 24.2 Å². The molecule has 3 aliphatic carbocycles. The number of hydrogen-bond acceptors (Lipinski definition) is 5. The van der Waals surface area contributed by atoms with Crippen molar-refractivity contribution in [3.63, 3.8) is 0 Å². The van der Waals surface area contributed by atoms with Gasteiger partial charge in [0.2, 0.25) is 0 Å². The molecule has 0 saturated heterocycles. The van der Waals surface area contributed by atoms with E-state index < -0.39 is 40.9 Å². The monoisotopic (exact) mass is 514 g/mol. The van der Waals surface area contributed by atoms with E-state index in [-0.39, 0.29) is 35.5 Å². The van der Waals surface area contributed by atoms with Gasteiger partial charge in [-0.3, -0.25) is 9.59 Å². The van der Waals surface area contributed by atoms with Crippen LogP contribution in [0.1, 0.15) is 59.8 Å². The lowest BCUT2D eigenvalue weighted by molar-refractivity contribution is -0.206. The number of hydrogen-bond donors (Lipinski definition) is 3. The number of carbonyl (C=O) groups excluding carboxylic acids is 3. The minimum absolute atomic E-state index is 0.104. The van der Waals surface area contributed by atoms with E-state index in [1.54, 1.807) is 6.08 Å². The average molecular weight is 515 g/mol. The minimum Gasteiger partial charge on any atom is -0.460 e. The molecule has 0 unspecified atom stereocenters. The molecule has 0 aromatic heterocycles. The van der Waals surface area contributed by atoms with Gasteiger partial charge in [0, 0.05) is 28.9 Å². The molecule has 2 bridgehead atoms. The van der Waals surface area contributed by atoms with Crippen molar-refractivity contribution in [2.24, 2.45) is 34.0 Å². The van der Waals surface area contributed by atoms with E-state index in [1.165, 1.54) is 24.3 Å². The second-order valence-corrected chi connectivity index (χ2v) is 11.9. The van der Waals surface area contributed by atoms with E-state index in [2.05, 4.69) is 38.0 Å². The molecule has 3 N–H and O–H groups in total. The number of ketones is 1. The summed E-state index contributed by atoms with van der Waals surface area (Å²) in [5.41, 5.74) is -1.30. The van der Waals surface area contributed by atoms with E-state index >= 15 is 0 Å². The number of urea groups is 1. The van der Waals surface area contributed by atoms with Crippen LogP contribution >= 0.6 is 0 Å². The molecule has 0 spiro atoms. The summed E-state index contributed by atoms with van der Waals surface area (Å²) in [7, 11) is 0. The standard InChI is InChI=1S/C29H39FN2O5/c1-6-27(4)15-22(37-23(34)16-31-26(36)32-20-9-7-19(30)8-10-20)28(5)17(2)11-13-29(18(3)25(27)35)14-12-21(33)24(28)29/h6-10,17-18,22,24-25,35H,1,11-16H2,2-5H3,(H2,31,32,36)/t17-,18+,22-,24+,25+,27-,28+,29+/m1/s1. The number of anilines is 1. The first-order valence-electron chi connectivity index (χ1n) is 13.2. The molecule has 7 nitrogen and oxygen atoms in total. The van der Waals surface area contributed by atoms with Crippen LogP contribution in [-0.2, 0) is 14.3 Å². The summed E-state index contributed by atoms with van der Waals surface area (Å²) in [6.45, 7) is 11.8. The third-order valence-corrected chi connectivity index (χ3v) is 10.1. The van der Waals surface area contributed by atoms with Gasteiger partial charge in [0.05, 0.1) is 6.10 Å². The van der Waals surface area contributed by atoms with Crippen LogP contribution in [0.25, 0.3) is 0 Å². The van der Waals surface area contributed by atoms with Crippen LogP contribution in [0.4, 0.5) is 14.9 Å². The van der Waals surface area contributed by atoms with Gasteiger partial charge in [-0.2, -0.15) is 0 Å². The number of amides is 2. The van der Waals surface area contributed by atoms with Crippen molar-refractivity contribution in [2.75, 3.05) is 11.9 Å². The normalized spacial score (nSPS) is 39.1. The molecule has 37 heavy (non-hydrogen) atoms. The highest BCUT2D eigenvalue weighted by Gasteiger charge is 2.68. The molecule has 8 heteroatoms. The topological polar surface area (TPSA) is 105 Å². The van der Waals surface area contributed by atoms with Gasteiger partial charge < -0.3 is 20.5 Å². The zero-order valence-corrected chi connectivity index (χ0v) is 22.2. The molecule has 8 atom stereocenters. The Hall–Kier alpha value is -2.74. The maximum absolute atomic E-state index is 13.4. The predicted octanol–water partition coefficient (Wildman–Crippen LogP) is 4.85. The van der Waals surface area contributed by atoms with Gasteiger partial charge in [-0.25, -0.2) is 9.18 Å². The third-order valence-electron chi connectivity index (χ3n) is 10.1. The predicted molar refractivity (Wildman–Crippen MR) is 138 cm³/mol. The van der Waals surface area contributed by atoms with Crippen LogP contribution in [0.15, 0.2) is 36.9 Å². The Balaban J connectivity index is 1.57. The van der Waals surface area contributed by atoms with Gasteiger partial charge in [0.25, 0.3) is 0 Å². The van der Waals surface area contributed by atoms with E-state index in [9.17, 15) is 23.9 Å². The fraction of sp³-hybridized carbons (Fsp3) is 0.621. The van der Waals surface area contributed by atoms with Crippen LogP contribution in [0, 0.1) is 39.8 Å². The molecular formula is C29H39FN2O5. The quantitative estimate of drug-likeness (QED) is 0.385. The maximum atomic E-state index is 13.4. The summed E-state index contributed by atoms with van der Waals surface area (Å²) < 4.78 is 19.2. The molecule has 0 radical (unpaired) electrons. The summed E-state index contributed by atoms with van der Waals surface area (Å²) in [6.07, 6.45) is 3.64. The van der Waals surface area contributed by atoms with E-state index in [4.69, 9.17) is 4.74 Å². The Morgan fingerprint density at radius 2 is 1.89 bits per heavy atom. The molecule has 202 valence electrons. The molecule has 1 aromatic carbocycles. The lowest BCUT2D eigenvalue weighted by atomic mass is 9.44. The number of carbonyl (C=O) groups is 3. The van der Waals surface area contributed by atoms with Crippen LogP contribution in [0.2, 0.25) is 0 Å². The van der Waals surface area contributed by atoms with Crippen LogP contribution < -0.4 is 10.6 Å². The van der Waals surface area contributed by atoms with Gasteiger partial charge in [-0.05, 0) is 67.2 Å². The first-order chi connectivity index (χ1) is 17.4. The Morgan fingerprint density at radius 1 is 1.22 bits per heavy atom. The zero-order chi connectivity index (χ0) is 27.2. The average Bonchev–Trinajstić information content (AvgIpc) is 3.22. The molecule has 3 aliphatic rings. The van der Waals surface area contributed by atoms with Gasteiger partial charge in [-0.15, -0.1) is 6.58 Å². The number of benzene rings is 1. The lowest BCUT2D eigenvalue weighted by Gasteiger charge is -2.61. The number of halogens is 1. The Bertz CT molecular complexity index is 1080. The zero-order valence-electron chi connectivity index (χ0n) is 22.2. The fourth-order valence-electron chi connectivity index (χ4n) is 7.56. The van der Waals surface area contributed by atoms with Crippen LogP contribution in [0.3, 0.4) is 0 Å². The Labute approximate surface area is 218 Å². The molecule has 3 saturated carbocycles. The van der Waals surface area contributed by atoms with Crippen molar-refractivity contribution in [2.45, 2.75) is 72.0 Å². The van der Waals surface area contributed by atoms with Crippen molar-refractivity contribution >= 4 is 23.5 Å². The largest absolute Gasteiger partial charge is 0.460 e. The lowest BCUT2D eigenvalue weighted by Crippen LogP contribution is -2.63. The Kier molecular flexibility index (Phi) is 7.27. The van der Waals surface area contributed by atoms with Gasteiger partial charge >= 0.3 is 12.0 Å². The summed E-state index contributed by atoms with van der Waals surface area (Å²) in [5, 5.41) is 16.6. The van der Waals surface area contributed by atoms with Gasteiger partial charge in [-0.1, -0.05) is 33.8 Å². The smallest absolute Gasteiger partial charge is 0.325 e. The number of Topliss-reactive ketones (excluding diaryl/α,β-unsaturated/α-hetero) is 1. The number of ether oxygens (including phenoxy) is 1. The van der Waals surface area contributed by atoms with Crippen LogP contribution in [-0.4, -0.2) is 41.6 Å². The molecule has 3 fully saturated rings. The SMILES string of the molecule is C=C[C@]1(C)C[C@@H](OC(=O)CNC(=O)Nc2ccc(F)cc2)[C@]2(C)[C@H](C)CC[C@]3(CCC(=O)[C@H]32)[C@@H](C)[C@@H]1O. The molecule has 4 rings (SSSR count).